The second kappa shape index (κ2) is 8.95. The molecule has 0 spiro atoms. The van der Waals surface area contributed by atoms with Gasteiger partial charge in [-0.15, -0.1) is 0 Å². The maximum atomic E-state index is 12.7. The number of hydrogen-bond acceptors (Lipinski definition) is 7. The Hall–Kier alpha value is -3.47. The number of aryl methyl sites for hydroxylation is 1. The van der Waals surface area contributed by atoms with E-state index < -0.39 is 21.1 Å². The maximum absolute atomic E-state index is 12.7. The highest BCUT2D eigenvalue weighted by Crippen LogP contribution is 2.17. The van der Waals surface area contributed by atoms with Crippen molar-refractivity contribution in [3.8, 4) is 5.75 Å². The number of carbonyl (C=O) groups excluding carboxylic acids is 1. The molecule has 0 N–H and O–H groups in total. The summed E-state index contributed by atoms with van der Waals surface area (Å²) in [5, 5.41) is 0.249. The SMILES string of the molecule is CN(CCCOc1cccc(S(C)(=O)=O)c1)C(=O)c1ccc2c(=O)n(C)c(=O)n(C)c2n1. The monoisotopic (exact) mass is 460 g/mol. The number of ether oxygens (including phenoxy) is 1. The van der Waals surface area contributed by atoms with Crippen LogP contribution in [0.5, 0.6) is 5.75 Å². The number of benzene rings is 1. The van der Waals surface area contributed by atoms with Crippen molar-refractivity contribution in [2.45, 2.75) is 11.3 Å². The number of aromatic nitrogens is 3. The van der Waals surface area contributed by atoms with E-state index in [1.54, 1.807) is 19.2 Å². The van der Waals surface area contributed by atoms with Gasteiger partial charge >= 0.3 is 5.69 Å². The fourth-order valence-corrected chi connectivity index (χ4v) is 3.81. The lowest BCUT2D eigenvalue weighted by atomic mass is 10.2. The van der Waals surface area contributed by atoms with Crippen molar-refractivity contribution < 1.29 is 17.9 Å². The average Bonchev–Trinajstić information content (AvgIpc) is 2.77. The van der Waals surface area contributed by atoms with Gasteiger partial charge in [-0.1, -0.05) is 6.07 Å². The van der Waals surface area contributed by atoms with Crippen molar-refractivity contribution in [2.24, 2.45) is 14.1 Å². The topological polar surface area (TPSA) is 121 Å². The fraction of sp³-hybridized carbons (Fsp3) is 0.333. The number of nitrogens with zero attached hydrogens (tertiary/aromatic N) is 4. The van der Waals surface area contributed by atoms with Gasteiger partial charge in [0, 0.05) is 33.9 Å². The van der Waals surface area contributed by atoms with Gasteiger partial charge in [0.1, 0.15) is 17.1 Å². The fourth-order valence-electron chi connectivity index (χ4n) is 3.16. The first-order valence-corrected chi connectivity index (χ1v) is 11.6. The molecule has 0 radical (unpaired) electrons. The standard InChI is InChI=1S/C21H24N4O6S/c1-23(11-6-12-31-14-7-5-8-15(13-14)32(4,29)30)20(27)17-10-9-16-18(22-17)24(2)21(28)25(3)19(16)26/h5,7-10,13H,6,11-12H2,1-4H3. The number of hydrogen-bond donors (Lipinski definition) is 0. The summed E-state index contributed by atoms with van der Waals surface area (Å²) in [7, 11) is 1.17. The van der Waals surface area contributed by atoms with Gasteiger partial charge in [-0.2, -0.15) is 0 Å². The van der Waals surface area contributed by atoms with E-state index in [1.165, 1.54) is 47.8 Å². The van der Waals surface area contributed by atoms with Crippen LogP contribution >= 0.6 is 0 Å². The number of fused-ring (bicyclic) bond motifs is 1. The molecule has 170 valence electrons. The molecule has 0 aliphatic carbocycles. The van der Waals surface area contributed by atoms with E-state index in [1.807, 2.05) is 0 Å². The highest BCUT2D eigenvalue weighted by atomic mass is 32.2. The molecule has 11 heteroatoms. The molecule has 10 nitrogen and oxygen atoms in total. The number of carbonyl (C=O) groups is 1. The third-order valence-electron chi connectivity index (χ3n) is 5.01. The zero-order chi connectivity index (χ0) is 23.6. The lowest BCUT2D eigenvalue weighted by molar-refractivity contribution is 0.0782. The molecule has 0 saturated heterocycles. The normalized spacial score (nSPS) is 11.5. The van der Waals surface area contributed by atoms with Crippen LogP contribution in [0, 0.1) is 0 Å². The minimum atomic E-state index is -3.32. The highest BCUT2D eigenvalue weighted by molar-refractivity contribution is 7.90. The van der Waals surface area contributed by atoms with E-state index >= 15 is 0 Å². The molecule has 0 unspecified atom stereocenters. The van der Waals surface area contributed by atoms with Crippen LogP contribution in [-0.2, 0) is 23.9 Å². The van der Waals surface area contributed by atoms with Gasteiger partial charge in [-0.25, -0.2) is 18.2 Å². The van der Waals surface area contributed by atoms with E-state index in [0.717, 1.165) is 10.8 Å². The molecule has 3 rings (SSSR count). The van der Waals surface area contributed by atoms with Crippen LogP contribution in [0.1, 0.15) is 16.9 Å². The molecule has 1 amide bonds. The summed E-state index contributed by atoms with van der Waals surface area (Å²) in [5.41, 5.74) is -0.735. The van der Waals surface area contributed by atoms with Gasteiger partial charge in [0.25, 0.3) is 11.5 Å². The van der Waals surface area contributed by atoms with Crippen LogP contribution in [0.3, 0.4) is 0 Å². The molecule has 32 heavy (non-hydrogen) atoms. The van der Waals surface area contributed by atoms with Crippen LogP contribution in [0.4, 0.5) is 0 Å². The predicted octanol–water partition coefficient (Wildman–Crippen LogP) is 0.577. The zero-order valence-electron chi connectivity index (χ0n) is 18.2. The average molecular weight is 461 g/mol. The molecule has 0 aliphatic rings. The summed E-state index contributed by atoms with van der Waals surface area (Å²) in [6.07, 6.45) is 1.63. The zero-order valence-corrected chi connectivity index (χ0v) is 19.0. The van der Waals surface area contributed by atoms with Crippen molar-refractivity contribution in [2.75, 3.05) is 26.5 Å². The largest absolute Gasteiger partial charge is 0.493 e. The van der Waals surface area contributed by atoms with Crippen LogP contribution < -0.4 is 16.0 Å². The summed E-state index contributed by atoms with van der Waals surface area (Å²) < 4.78 is 31.1. The molecule has 0 bridgehead atoms. The molecule has 2 heterocycles. The van der Waals surface area contributed by atoms with Crippen LogP contribution in [0.25, 0.3) is 11.0 Å². The first-order chi connectivity index (χ1) is 15.0. The van der Waals surface area contributed by atoms with E-state index in [-0.39, 0.29) is 34.1 Å². The minimum absolute atomic E-state index is 0.116. The Bertz CT molecular complexity index is 1410. The van der Waals surface area contributed by atoms with Gasteiger partial charge in [-0.3, -0.25) is 18.7 Å². The second-order valence-electron chi connectivity index (χ2n) is 7.45. The number of sulfone groups is 1. The van der Waals surface area contributed by atoms with Crippen molar-refractivity contribution in [3.63, 3.8) is 0 Å². The molecular formula is C21H24N4O6S. The number of rotatable bonds is 7. The predicted molar refractivity (Wildman–Crippen MR) is 119 cm³/mol. The summed E-state index contributed by atoms with van der Waals surface area (Å²) in [5.74, 6) is 0.0692. The highest BCUT2D eigenvalue weighted by Gasteiger charge is 2.17. The van der Waals surface area contributed by atoms with Gasteiger partial charge in [-0.05, 0) is 36.8 Å². The van der Waals surface area contributed by atoms with E-state index in [0.29, 0.717) is 18.7 Å². The second-order valence-corrected chi connectivity index (χ2v) is 9.46. The summed E-state index contributed by atoms with van der Waals surface area (Å²) in [6, 6.07) is 9.17. The minimum Gasteiger partial charge on any atom is -0.493 e. The van der Waals surface area contributed by atoms with Gasteiger partial charge in [0.05, 0.1) is 16.9 Å². The molecule has 1 aromatic carbocycles. The number of pyridine rings is 1. The maximum Gasteiger partial charge on any atom is 0.332 e. The van der Waals surface area contributed by atoms with Gasteiger partial charge in [0.15, 0.2) is 9.84 Å². The van der Waals surface area contributed by atoms with Gasteiger partial charge < -0.3 is 9.64 Å². The quantitative estimate of drug-likeness (QED) is 0.473. The van der Waals surface area contributed by atoms with Crippen molar-refractivity contribution >= 4 is 26.8 Å². The summed E-state index contributed by atoms with van der Waals surface area (Å²) >= 11 is 0. The van der Waals surface area contributed by atoms with Crippen LogP contribution in [-0.4, -0.2) is 59.8 Å². The smallest absolute Gasteiger partial charge is 0.332 e. The Morgan fingerprint density at radius 1 is 1.12 bits per heavy atom. The van der Waals surface area contributed by atoms with Crippen LogP contribution in [0.2, 0.25) is 0 Å². The lowest BCUT2D eigenvalue weighted by Gasteiger charge is -2.17. The molecular weight excluding hydrogens is 436 g/mol. The van der Waals surface area contributed by atoms with Gasteiger partial charge in [0.2, 0.25) is 0 Å². The third-order valence-corrected chi connectivity index (χ3v) is 6.12. The Kier molecular flexibility index (Phi) is 6.49. The number of amides is 1. The summed E-state index contributed by atoms with van der Waals surface area (Å²) in [6.45, 7) is 0.639. The Morgan fingerprint density at radius 2 is 1.84 bits per heavy atom. The Labute approximate surface area is 184 Å². The van der Waals surface area contributed by atoms with E-state index in [2.05, 4.69) is 4.98 Å². The first kappa shape index (κ1) is 23.2. The Balaban J connectivity index is 1.66. The third kappa shape index (κ3) is 4.72. The Morgan fingerprint density at radius 3 is 2.53 bits per heavy atom. The molecule has 3 aromatic rings. The molecule has 0 saturated carbocycles. The van der Waals surface area contributed by atoms with Crippen LogP contribution in [0.15, 0.2) is 50.9 Å². The summed E-state index contributed by atoms with van der Waals surface area (Å²) in [4.78, 5) is 43.0. The van der Waals surface area contributed by atoms with E-state index in [9.17, 15) is 22.8 Å². The van der Waals surface area contributed by atoms with E-state index in [4.69, 9.17) is 4.74 Å². The molecule has 0 fully saturated rings. The van der Waals surface area contributed by atoms with Crippen molar-refractivity contribution in [3.05, 3.63) is 62.9 Å². The van der Waals surface area contributed by atoms with Crippen molar-refractivity contribution in [1.82, 2.24) is 19.0 Å². The molecule has 0 atom stereocenters. The molecule has 2 aromatic heterocycles. The molecule has 0 aliphatic heterocycles. The first-order valence-electron chi connectivity index (χ1n) is 9.76. The lowest BCUT2D eigenvalue weighted by Crippen LogP contribution is -2.37. The van der Waals surface area contributed by atoms with Crippen molar-refractivity contribution in [1.29, 1.82) is 0 Å².